The van der Waals surface area contributed by atoms with Crippen LogP contribution in [0.2, 0.25) is 0 Å². The largest absolute Gasteiger partial charge is 0.461 e. The van der Waals surface area contributed by atoms with Crippen LogP contribution in [0.1, 0.15) is 52.4 Å². The van der Waals surface area contributed by atoms with Gasteiger partial charge in [-0.3, -0.25) is 19.5 Å². The Balaban J connectivity index is 1.54. The van der Waals surface area contributed by atoms with Gasteiger partial charge in [0, 0.05) is 23.2 Å². The highest BCUT2D eigenvalue weighted by Crippen LogP contribution is 2.47. The van der Waals surface area contributed by atoms with Crippen LogP contribution in [0.3, 0.4) is 0 Å². The number of benzene rings is 1. The molecule has 0 spiro atoms. The Labute approximate surface area is 168 Å². The minimum absolute atomic E-state index is 0.132. The molecule has 2 aliphatic rings. The summed E-state index contributed by atoms with van der Waals surface area (Å²) in [5, 5.41) is 0. The van der Waals surface area contributed by atoms with Crippen LogP contribution in [0.25, 0.3) is 11.6 Å². The van der Waals surface area contributed by atoms with E-state index in [4.69, 9.17) is 4.42 Å². The summed E-state index contributed by atoms with van der Waals surface area (Å²) in [6, 6.07) is 16.5. The zero-order chi connectivity index (χ0) is 20.0. The van der Waals surface area contributed by atoms with Crippen LogP contribution in [0.15, 0.2) is 65.2 Å². The van der Waals surface area contributed by atoms with Gasteiger partial charge in [0.25, 0.3) is 11.8 Å². The molecule has 1 aliphatic heterocycles. The first-order valence-electron chi connectivity index (χ1n) is 9.79. The van der Waals surface area contributed by atoms with E-state index in [1.807, 2.05) is 36.4 Å². The molecule has 2 aromatic heterocycles. The van der Waals surface area contributed by atoms with Crippen LogP contribution in [0.5, 0.6) is 0 Å². The summed E-state index contributed by atoms with van der Waals surface area (Å²) in [7, 11) is 0. The third-order valence-corrected chi connectivity index (χ3v) is 5.62. The number of hydrogen-bond acceptors (Lipinski definition) is 4. The number of carbonyl (C=O) groups is 2. The topological polar surface area (TPSA) is 63.4 Å². The fourth-order valence-corrected chi connectivity index (χ4v) is 3.85. The summed E-state index contributed by atoms with van der Waals surface area (Å²) in [5.74, 6) is 2.06. The highest BCUT2D eigenvalue weighted by molar-refractivity contribution is 6.33. The van der Waals surface area contributed by atoms with E-state index < -0.39 is 0 Å². The number of imide groups is 1. The van der Waals surface area contributed by atoms with Gasteiger partial charge in [-0.25, -0.2) is 0 Å². The van der Waals surface area contributed by atoms with E-state index in [2.05, 4.69) is 11.9 Å². The molecule has 0 saturated heterocycles. The molecule has 5 nitrogen and oxygen atoms in total. The minimum Gasteiger partial charge on any atom is -0.461 e. The lowest BCUT2D eigenvalue weighted by atomic mass is 9.92. The van der Waals surface area contributed by atoms with Crippen LogP contribution < -0.4 is 0 Å². The lowest BCUT2D eigenvalue weighted by Gasteiger charge is -2.28. The third-order valence-electron chi connectivity index (χ3n) is 5.62. The maximum absolute atomic E-state index is 13.3. The Kier molecular flexibility index (Phi) is 4.16. The molecule has 3 heterocycles. The molecule has 1 aromatic carbocycles. The minimum atomic E-state index is -0.336. The molecule has 0 radical (unpaired) electrons. The van der Waals surface area contributed by atoms with Crippen molar-refractivity contribution in [3.05, 3.63) is 89.1 Å². The maximum atomic E-state index is 13.3. The monoisotopic (exact) mass is 384 g/mol. The van der Waals surface area contributed by atoms with E-state index in [9.17, 15) is 9.59 Å². The number of amides is 2. The van der Waals surface area contributed by atoms with Gasteiger partial charge >= 0.3 is 0 Å². The standard InChI is InChI=1S/C24H20N2O3/c1-15-12-20(15)22-10-9-17(29-22)13-21-18-7-2-3-8-19(18)23(27)26(24(21)28)14-16-6-4-5-11-25-16/h2-11,13,15,20H,12,14H2,1H3/b21-13-/t15-,20+/m1/s1. The average Bonchev–Trinajstić information content (AvgIpc) is 3.29. The summed E-state index contributed by atoms with van der Waals surface area (Å²) in [5.41, 5.74) is 2.27. The molecule has 29 heavy (non-hydrogen) atoms. The number of furan rings is 1. The van der Waals surface area contributed by atoms with Crippen molar-refractivity contribution in [1.82, 2.24) is 9.88 Å². The smallest absolute Gasteiger partial charge is 0.261 e. The van der Waals surface area contributed by atoms with Gasteiger partial charge in [-0.1, -0.05) is 31.2 Å². The van der Waals surface area contributed by atoms with Crippen LogP contribution >= 0.6 is 0 Å². The Bertz CT molecular complexity index is 1130. The van der Waals surface area contributed by atoms with E-state index in [0.29, 0.717) is 40.0 Å². The Morgan fingerprint density at radius 3 is 2.52 bits per heavy atom. The van der Waals surface area contributed by atoms with Gasteiger partial charge in [0.2, 0.25) is 0 Å². The summed E-state index contributed by atoms with van der Waals surface area (Å²) >= 11 is 0. The number of pyridine rings is 1. The van der Waals surface area contributed by atoms with Crippen molar-refractivity contribution in [1.29, 1.82) is 0 Å². The Hall–Kier alpha value is -3.47. The van der Waals surface area contributed by atoms with Gasteiger partial charge in [-0.2, -0.15) is 0 Å². The number of aromatic nitrogens is 1. The number of rotatable bonds is 4. The van der Waals surface area contributed by atoms with E-state index in [1.165, 1.54) is 4.90 Å². The first-order chi connectivity index (χ1) is 14.1. The second-order valence-electron chi connectivity index (χ2n) is 7.68. The molecule has 2 amide bonds. The van der Waals surface area contributed by atoms with Crippen LogP contribution in [-0.4, -0.2) is 21.7 Å². The van der Waals surface area contributed by atoms with Crippen molar-refractivity contribution < 1.29 is 14.0 Å². The lowest BCUT2D eigenvalue weighted by Crippen LogP contribution is -2.41. The number of nitrogens with zero attached hydrogens (tertiary/aromatic N) is 2. The zero-order valence-corrected chi connectivity index (χ0v) is 16.0. The second kappa shape index (κ2) is 6.85. The molecular formula is C24H20N2O3. The van der Waals surface area contributed by atoms with Gasteiger partial charge in [0.1, 0.15) is 11.5 Å². The van der Waals surface area contributed by atoms with Gasteiger partial charge in [0.15, 0.2) is 0 Å². The summed E-state index contributed by atoms with van der Waals surface area (Å²) in [6.45, 7) is 2.33. The van der Waals surface area contributed by atoms with Gasteiger partial charge < -0.3 is 4.42 Å². The van der Waals surface area contributed by atoms with Crippen molar-refractivity contribution >= 4 is 23.5 Å². The molecule has 5 rings (SSSR count). The average molecular weight is 384 g/mol. The first-order valence-corrected chi connectivity index (χ1v) is 9.79. The number of fused-ring (bicyclic) bond motifs is 1. The summed E-state index contributed by atoms with van der Waals surface area (Å²) < 4.78 is 5.98. The number of carbonyl (C=O) groups excluding carboxylic acids is 2. The molecule has 0 bridgehead atoms. The van der Waals surface area contributed by atoms with Crippen molar-refractivity contribution in [2.45, 2.75) is 25.8 Å². The summed E-state index contributed by atoms with van der Waals surface area (Å²) in [6.07, 6.45) is 4.54. The normalized spacial score (nSPS) is 22.1. The molecule has 3 aromatic rings. The van der Waals surface area contributed by atoms with Crippen LogP contribution in [0, 0.1) is 5.92 Å². The molecule has 0 unspecified atom stereocenters. The predicted molar refractivity (Wildman–Crippen MR) is 109 cm³/mol. The molecule has 2 atom stereocenters. The fourth-order valence-electron chi connectivity index (χ4n) is 3.85. The highest BCUT2D eigenvalue weighted by Gasteiger charge is 2.37. The number of hydrogen-bond donors (Lipinski definition) is 0. The maximum Gasteiger partial charge on any atom is 0.261 e. The first kappa shape index (κ1) is 17.6. The van der Waals surface area contributed by atoms with Gasteiger partial charge in [-0.15, -0.1) is 0 Å². The van der Waals surface area contributed by atoms with Crippen molar-refractivity contribution in [3.8, 4) is 0 Å². The molecule has 5 heteroatoms. The van der Waals surface area contributed by atoms with Crippen molar-refractivity contribution in [2.75, 3.05) is 0 Å². The summed E-state index contributed by atoms with van der Waals surface area (Å²) in [4.78, 5) is 31.8. The van der Waals surface area contributed by atoms with E-state index in [0.717, 1.165) is 12.2 Å². The fraction of sp³-hybridized carbons (Fsp3) is 0.208. The zero-order valence-electron chi connectivity index (χ0n) is 16.0. The third kappa shape index (κ3) is 3.18. The molecule has 1 aliphatic carbocycles. The van der Waals surface area contributed by atoms with E-state index >= 15 is 0 Å². The molecule has 1 fully saturated rings. The van der Waals surface area contributed by atoms with E-state index in [-0.39, 0.29) is 18.4 Å². The second-order valence-corrected chi connectivity index (χ2v) is 7.68. The van der Waals surface area contributed by atoms with Crippen LogP contribution in [0.4, 0.5) is 0 Å². The van der Waals surface area contributed by atoms with Crippen LogP contribution in [-0.2, 0) is 11.3 Å². The molecule has 0 N–H and O–H groups in total. The highest BCUT2D eigenvalue weighted by atomic mass is 16.3. The quantitative estimate of drug-likeness (QED) is 0.490. The van der Waals surface area contributed by atoms with Crippen molar-refractivity contribution in [3.63, 3.8) is 0 Å². The predicted octanol–water partition coefficient (Wildman–Crippen LogP) is 4.52. The molecular weight excluding hydrogens is 364 g/mol. The van der Waals surface area contributed by atoms with Crippen molar-refractivity contribution in [2.24, 2.45) is 5.92 Å². The molecule has 1 saturated carbocycles. The Morgan fingerprint density at radius 1 is 1.03 bits per heavy atom. The lowest BCUT2D eigenvalue weighted by molar-refractivity contribution is -0.123. The SMILES string of the molecule is C[C@@H]1C[C@@H]1c1ccc(/C=C2\C(=O)N(Cc3ccccn3)C(=O)c3ccccc32)o1. The van der Waals surface area contributed by atoms with Gasteiger partial charge in [0.05, 0.1) is 17.8 Å². The molecule has 144 valence electrons. The van der Waals surface area contributed by atoms with Gasteiger partial charge in [-0.05, 0) is 48.7 Å². The van der Waals surface area contributed by atoms with E-state index in [1.54, 1.807) is 30.5 Å². The Morgan fingerprint density at radius 2 is 1.79 bits per heavy atom.